The van der Waals surface area contributed by atoms with Gasteiger partial charge in [-0.2, -0.15) is 0 Å². The van der Waals surface area contributed by atoms with Crippen molar-refractivity contribution >= 4 is 22.6 Å². The molecule has 1 amide bonds. The van der Waals surface area contributed by atoms with E-state index in [0.29, 0.717) is 18.7 Å². The third-order valence-electron chi connectivity index (χ3n) is 3.87. The van der Waals surface area contributed by atoms with Gasteiger partial charge in [-0.3, -0.25) is 9.59 Å². The van der Waals surface area contributed by atoms with Crippen LogP contribution < -0.4 is 0 Å². The number of ketones is 1. The minimum atomic E-state index is 0.00848. The summed E-state index contributed by atoms with van der Waals surface area (Å²) < 4.78 is 0. The lowest BCUT2D eigenvalue weighted by Crippen LogP contribution is -2.29. The van der Waals surface area contributed by atoms with E-state index in [9.17, 15) is 9.59 Å². The molecule has 1 aromatic heterocycles. The number of para-hydroxylation sites is 1. The Morgan fingerprint density at radius 2 is 2.11 bits per heavy atom. The number of carbonyl (C=O) groups excluding carboxylic acids is 2. The van der Waals surface area contributed by atoms with Gasteiger partial charge in [-0.15, -0.1) is 0 Å². The van der Waals surface area contributed by atoms with E-state index >= 15 is 0 Å². The second-order valence-electron chi connectivity index (χ2n) is 5.10. The van der Waals surface area contributed by atoms with Crippen LogP contribution in [0.15, 0.2) is 30.5 Å². The van der Waals surface area contributed by atoms with Crippen LogP contribution in [-0.4, -0.2) is 34.7 Å². The van der Waals surface area contributed by atoms with Crippen molar-refractivity contribution in [2.45, 2.75) is 13.3 Å². The quantitative estimate of drug-likeness (QED) is 0.895. The zero-order valence-electron chi connectivity index (χ0n) is 10.8. The third kappa shape index (κ3) is 2.03. The Balaban J connectivity index is 1.87. The highest BCUT2D eigenvalue weighted by molar-refractivity contribution is 6.06. The van der Waals surface area contributed by atoms with Crippen molar-refractivity contribution < 1.29 is 9.59 Å². The Bertz CT molecular complexity index is 644. The molecule has 4 heteroatoms. The summed E-state index contributed by atoms with van der Waals surface area (Å²) in [5, 5.41) is 0.943. The molecule has 1 N–H and O–H groups in total. The molecule has 0 bridgehead atoms. The van der Waals surface area contributed by atoms with Crippen molar-refractivity contribution in [1.82, 2.24) is 9.88 Å². The molecule has 98 valence electrons. The van der Waals surface area contributed by atoms with Crippen molar-refractivity contribution in [1.29, 1.82) is 0 Å². The van der Waals surface area contributed by atoms with E-state index in [1.807, 2.05) is 24.3 Å². The summed E-state index contributed by atoms with van der Waals surface area (Å²) in [5.41, 5.74) is 1.66. The molecule has 19 heavy (non-hydrogen) atoms. The lowest BCUT2D eigenvalue weighted by molar-refractivity contribution is -0.120. The highest BCUT2D eigenvalue weighted by Crippen LogP contribution is 2.23. The molecule has 1 aliphatic rings. The molecular formula is C15H16N2O2. The molecule has 0 aliphatic carbocycles. The Labute approximate surface area is 111 Å². The van der Waals surface area contributed by atoms with Gasteiger partial charge in [0, 0.05) is 36.1 Å². The van der Waals surface area contributed by atoms with Crippen molar-refractivity contribution in [2.75, 3.05) is 13.1 Å². The van der Waals surface area contributed by atoms with Gasteiger partial charge in [-0.1, -0.05) is 18.2 Å². The molecule has 1 fully saturated rings. The van der Waals surface area contributed by atoms with E-state index in [-0.39, 0.29) is 17.6 Å². The molecule has 1 aromatic carbocycles. The van der Waals surface area contributed by atoms with Gasteiger partial charge < -0.3 is 9.88 Å². The van der Waals surface area contributed by atoms with Crippen LogP contribution in [0.1, 0.15) is 23.7 Å². The van der Waals surface area contributed by atoms with Gasteiger partial charge in [0.1, 0.15) is 5.78 Å². The Morgan fingerprint density at radius 1 is 1.32 bits per heavy atom. The van der Waals surface area contributed by atoms with Crippen molar-refractivity contribution in [2.24, 2.45) is 5.92 Å². The zero-order valence-corrected chi connectivity index (χ0v) is 10.8. The number of nitrogens with one attached hydrogen (secondary N) is 1. The fraction of sp³-hybridized carbons (Fsp3) is 0.333. The predicted octanol–water partition coefficient (Wildman–Crippen LogP) is 2.22. The minimum Gasteiger partial charge on any atom is -0.360 e. The molecule has 0 saturated carbocycles. The van der Waals surface area contributed by atoms with Crippen molar-refractivity contribution in [3.8, 4) is 0 Å². The molecule has 3 rings (SSSR count). The Morgan fingerprint density at radius 3 is 2.84 bits per heavy atom. The number of rotatable bonds is 2. The van der Waals surface area contributed by atoms with Gasteiger partial charge in [0.05, 0.1) is 5.56 Å². The highest BCUT2D eigenvalue weighted by Gasteiger charge is 2.30. The number of carbonyl (C=O) groups is 2. The molecule has 2 heterocycles. The maximum atomic E-state index is 12.5. The average Bonchev–Trinajstić information content (AvgIpc) is 3.05. The smallest absolute Gasteiger partial charge is 0.256 e. The van der Waals surface area contributed by atoms with Gasteiger partial charge in [-0.25, -0.2) is 0 Å². The van der Waals surface area contributed by atoms with Crippen molar-refractivity contribution in [3.05, 3.63) is 36.0 Å². The fourth-order valence-electron chi connectivity index (χ4n) is 2.70. The maximum absolute atomic E-state index is 12.5. The van der Waals surface area contributed by atoms with Crippen LogP contribution in [-0.2, 0) is 4.79 Å². The van der Waals surface area contributed by atoms with E-state index in [0.717, 1.165) is 17.3 Å². The molecule has 1 aliphatic heterocycles. The Kier molecular flexibility index (Phi) is 2.85. The van der Waals surface area contributed by atoms with E-state index in [1.54, 1.807) is 18.0 Å². The molecule has 4 nitrogen and oxygen atoms in total. The van der Waals surface area contributed by atoms with Crippen LogP contribution in [0.5, 0.6) is 0 Å². The first kappa shape index (κ1) is 12.0. The summed E-state index contributed by atoms with van der Waals surface area (Å²) in [6.07, 6.45) is 2.54. The van der Waals surface area contributed by atoms with Gasteiger partial charge in [0.25, 0.3) is 5.91 Å². The fourth-order valence-corrected chi connectivity index (χ4v) is 2.70. The van der Waals surface area contributed by atoms with E-state index in [2.05, 4.69) is 4.98 Å². The van der Waals surface area contributed by atoms with Crippen LogP contribution in [0.4, 0.5) is 0 Å². The molecule has 1 atom stereocenters. The first-order valence-corrected chi connectivity index (χ1v) is 6.52. The van der Waals surface area contributed by atoms with Gasteiger partial charge in [-0.05, 0) is 19.4 Å². The van der Waals surface area contributed by atoms with Crippen LogP contribution in [0.25, 0.3) is 10.9 Å². The SMILES string of the molecule is CC(=O)[C@H]1CCN(C(=O)c2c[nH]c3ccccc23)C1. The summed E-state index contributed by atoms with van der Waals surface area (Å²) >= 11 is 0. The number of hydrogen-bond acceptors (Lipinski definition) is 2. The second-order valence-corrected chi connectivity index (χ2v) is 5.10. The molecule has 2 aromatic rings. The van der Waals surface area contributed by atoms with E-state index < -0.39 is 0 Å². The van der Waals surface area contributed by atoms with Crippen LogP contribution in [0.2, 0.25) is 0 Å². The number of likely N-dealkylation sites (tertiary alicyclic amines) is 1. The molecule has 0 unspecified atom stereocenters. The molecule has 1 saturated heterocycles. The van der Waals surface area contributed by atoms with Gasteiger partial charge >= 0.3 is 0 Å². The highest BCUT2D eigenvalue weighted by atomic mass is 16.2. The topological polar surface area (TPSA) is 53.2 Å². The average molecular weight is 256 g/mol. The summed E-state index contributed by atoms with van der Waals surface area (Å²) in [6.45, 7) is 2.82. The van der Waals surface area contributed by atoms with E-state index in [1.165, 1.54) is 0 Å². The van der Waals surface area contributed by atoms with Crippen molar-refractivity contribution in [3.63, 3.8) is 0 Å². The number of Topliss-reactive ketones (excluding diaryl/α,β-unsaturated/α-hetero) is 1. The lowest BCUT2D eigenvalue weighted by Gasteiger charge is -2.15. The number of hydrogen-bond donors (Lipinski definition) is 1. The number of nitrogens with zero attached hydrogens (tertiary/aromatic N) is 1. The maximum Gasteiger partial charge on any atom is 0.256 e. The molecule has 0 spiro atoms. The van der Waals surface area contributed by atoms with Crippen LogP contribution in [0, 0.1) is 5.92 Å². The summed E-state index contributed by atoms with van der Waals surface area (Å²) in [5.74, 6) is 0.199. The number of amides is 1. The largest absolute Gasteiger partial charge is 0.360 e. The second kappa shape index (κ2) is 4.53. The minimum absolute atomic E-state index is 0.00848. The van der Waals surface area contributed by atoms with Gasteiger partial charge in [0.15, 0.2) is 0 Å². The summed E-state index contributed by atoms with van der Waals surface area (Å²) in [4.78, 5) is 28.7. The lowest BCUT2D eigenvalue weighted by atomic mass is 10.1. The standard InChI is InChI=1S/C15H16N2O2/c1-10(18)11-6-7-17(9-11)15(19)13-8-16-14-5-3-2-4-12(13)14/h2-5,8,11,16H,6-7,9H2,1H3/t11-/m0/s1. The third-order valence-corrected chi connectivity index (χ3v) is 3.87. The van der Waals surface area contributed by atoms with Crippen LogP contribution >= 0.6 is 0 Å². The monoisotopic (exact) mass is 256 g/mol. The predicted molar refractivity (Wildman–Crippen MR) is 73.0 cm³/mol. The van der Waals surface area contributed by atoms with Gasteiger partial charge in [0.2, 0.25) is 0 Å². The zero-order chi connectivity index (χ0) is 13.4. The summed E-state index contributed by atoms with van der Waals surface area (Å²) in [6, 6.07) is 7.76. The number of fused-ring (bicyclic) bond motifs is 1. The summed E-state index contributed by atoms with van der Waals surface area (Å²) in [7, 11) is 0. The van der Waals surface area contributed by atoms with E-state index in [4.69, 9.17) is 0 Å². The first-order chi connectivity index (χ1) is 9.16. The number of aromatic nitrogens is 1. The normalized spacial score (nSPS) is 19.0. The number of aromatic amines is 1. The molecule has 0 radical (unpaired) electrons. The Hall–Kier alpha value is -2.10. The number of benzene rings is 1. The van der Waals surface area contributed by atoms with Crippen LogP contribution in [0.3, 0.4) is 0 Å². The number of H-pyrrole nitrogens is 1. The molecular weight excluding hydrogens is 240 g/mol. The first-order valence-electron chi connectivity index (χ1n) is 6.52.